The Labute approximate surface area is 144 Å². The summed E-state index contributed by atoms with van der Waals surface area (Å²) in [6.07, 6.45) is 2.80. The van der Waals surface area contributed by atoms with Crippen LogP contribution in [-0.2, 0) is 14.3 Å². The van der Waals surface area contributed by atoms with Crippen molar-refractivity contribution in [1.82, 2.24) is 0 Å². The fourth-order valence-corrected chi connectivity index (χ4v) is 3.37. The maximum Gasteiger partial charge on any atom is 0.253 e. The topological polar surface area (TPSA) is 47.6 Å². The number of benzene rings is 1. The maximum absolute atomic E-state index is 12.2. The third-order valence-corrected chi connectivity index (χ3v) is 4.43. The molecule has 0 aliphatic carbocycles. The van der Waals surface area contributed by atoms with Crippen molar-refractivity contribution in [3.63, 3.8) is 0 Å². The fourth-order valence-electron chi connectivity index (χ4n) is 2.35. The first kappa shape index (κ1) is 17.7. The monoisotopic (exact) mass is 389 g/mol. The van der Waals surface area contributed by atoms with Crippen LogP contribution in [0.25, 0.3) is 0 Å². The van der Waals surface area contributed by atoms with Crippen LogP contribution in [0.4, 0.5) is 5.69 Å². The average molecular weight is 391 g/mol. The van der Waals surface area contributed by atoms with Gasteiger partial charge in [0.1, 0.15) is 6.10 Å². The van der Waals surface area contributed by atoms with E-state index in [1.807, 2.05) is 13.0 Å². The Morgan fingerprint density at radius 3 is 2.95 bits per heavy atom. The smallest absolute Gasteiger partial charge is 0.253 e. The summed E-state index contributed by atoms with van der Waals surface area (Å²) in [5.74, 6) is -0.205. The fraction of sp³-hybridized carbons (Fsp3) is 0.562. The van der Waals surface area contributed by atoms with Crippen LogP contribution in [0.3, 0.4) is 0 Å². The van der Waals surface area contributed by atoms with Crippen molar-refractivity contribution in [2.45, 2.75) is 45.3 Å². The van der Waals surface area contributed by atoms with Crippen LogP contribution in [0.5, 0.6) is 0 Å². The number of nitrogens with one attached hydrogen (secondary N) is 1. The van der Waals surface area contributed by atoms with Gasteiger partial charge in [0.05, 0.1) is 23.4 Å². The molecule has 4 nitrogen and oxygen atoms in total. The van der Waals surface area contributed by atoms with Gasteiger partial charge < -0.3 is 14.8 Å². The van der Waals surface area contributed by atoms with Crippen molar-refractivity contribution >= 4 is 39.1 Å². The van der Waals surface area contributed by atoms with Gasteiger partial charge in [0.2, 0.25) is 0 Å². The highest BCUT2D eigenvalue weighted by atomic mass is 79.9. The maximum atomic E-state index is 12.2. The van der Waals surface area contributed by atoms with Gasteiger partial charge in [-0.2, -0.15) is 0 Å². The Balaban J connectivity index is 1.88. The van der Waals surface area contributed by atoms with Gasteiger partial charge in [-0.1, -0.05) is 27.5 Å². The number of carbonyl (C=O) groups is 1. The largest absolute Gasteiger partial charge is 0.376 e. The van der Waals surface area contributed by atoms with E-state index in [0.29, 0.717) is 17.3 Å². The molecular weight excluding hydrogens is 370 g/mol. The van der Waals surface area contributed by atoms with E-state index in [1.165, 1.54) is 0 Å². The molecule has 1 aliphatic rings. The van der Waals surface area contributed by atoms with E-state index in [-0.39, 0.29) is 12.0 Å². The Kier molecular flexibility index (Phi) is 6.68. The Hall–Kier alpha value is -0.620. The molecule has 1 heterocycles. The second-order valence-electron chi connectivity index (χ2n) is 5.53. The lowest BCUT2D eigenvalue weighted by Gasteiger charge is -2.24. The highest BCUT2D eigenvalue weighted by molar-refractivity contribution is 9.10. The highest BCUT2D eigenvalue weighted by Gasteiger charge is 2.20. The van der Waals surface area contributed by atoms with E-state index in [4.69, 9.17) is 21.1 Å². The normalized spacial score (nSPS) is 19.7. The van der Waals surface area contributed by atoms with Gasteiger partial charge in [-0.15, -0.1) is 0 Å². The predicted octanol–water partition coefficient (Wildman–Crippen LogP) is 4.32. The SMILES string of the molecule is Cc1cc(Br)cc(Cl)c1NC(=O)C(C)OCC1CCCCO1. The van der Waals surface area contributed by atoms with Crippen LogP contribution in [0, 0.1) is 6.92 Å². The van der Waals surface area contributed by atoms with Crippen molar-refractivity contribution in [3.05, 3.63) is 27.2 Å². The van der Waals surface area contributed by atoms with E-state index in [2.05, 4.69) is 21.2 Å². The molecule has 1 aromatic rings. The number of rotatable bonds is 5. The Morgan fingerprint density at radius 1 is 1.55 bits per heavy atom. The predicted molar refractivity (Wildman–Crippen MR) is 91.5 cm³/mol. The van der Waals surface area contributed by atoms with Gasteiger partial charge in [-0.05, 0) is 50.8 Å². The van der Waals surface area contributed by atoms with Crippen LogP contribution in [-0.4, -0.2) is 31.3 Å². The first-order valence-electron chi connectivity index (χ1n) is 7.47. The van der Waals surface area contributed by atoms with Gasteiger partial charge in [0.25, 0.3) is 5.91 Å². The highest BCUT2D eigenvalue weighted by Crippen LogP contribution is 2.30. The summed E-state index contributed by atoms with van der Waals surface area (Å²) in [6.45, 7) is 4.86. The number of hydrogen-bond donors (Lipinski definition) is 1. The third kappa shape index (κ3) is 4.95. The molecule has 1 saturated heterocycles. The average Bonchev–Trinajstić information content (AvgIpc) is 2.49. The van der Waals surface area contributed by atoms with Crippen LogP contribution in [0.2, 0.25) is 5.02 Å². The number of ether oxygens (including phenoxy) is 2. The summed E-state index contributed by atoms with van der Waals surface area (Å²) in [4.78, 5) is 12.2. The minimum Gasteiger partial charge on any atom is -0.376 e. The molecule has 1 fully saturated rings. The number of anilines is 1. The van der Waals surface area contributed by atoms with Gasteiger partial charge in [-0.3, -0.25) is 4.79 Å². The van der Waals surface area contributed by atoms with Crippen molar-refractivity contribution in [3.8, 4) is 0 Å². The van der Waals surface area contributed by atoms with Crippen molar-refractivity contribution < 1.29 is 14.3 Å². The van der Waals surface area contributed by atoms with Crippen LogP contribution >= 0.6 is 27.5 Å². The summed E-state index contributed by atoms with van der Waals surface area (Å²) in [5, 5.41) is 3.34. The molecule has 0 radical (unpaired) electrons. The summed E-state index contributed by atoms with van der Waals surface area (Å²) >= 11 is 9.55. The summed E-state index contributed by atoms with van der Waals surface area (Å²) in [6, 6.07) is 3.66. The lowest BCUT2D eigenvalue weighted by molar-refractivity contribution is -0.130. The minimum atomic E-state index is -0.551. The molecule has 6 heteroatoms. The van der Waals surface area contributed by atoms with Crippen LogP contribution in [0.1, 0.15) is 31.7 Å². The minimum absolute atomic E-state index is 0.0991. The molecule has 1 amide bonds. The summed E-state index contributed by atoms with van der Waals surface area (Å²) in [5.41, 5.74) is 1.52. The molecule has 2 unspecified atom stereocenters. The molecule has 0 spiro atoms. The molecule has 0 aromatic heterocycles. The Morgan fingerprint density at radius 2 is 2.32 bits per heavy atom. The van der Waals surface area contributed by atoms with Crippen LogP contribution < -0.4 is 5.32 Å². The molecule has 22 heavy (non-hydrogen) atoms. The van der Waals surface area contributed by atoms with E-state index in [0.717, 1.165) is 35.9 Å². The van der Waals surface area contributed by atoms with Gasteiger partial charge in [-0.25, -0.2) is 0 Å². The quantitative estimate of drug-likeness (QED) is 0.814. The first-order chi connectivity index (χ1) is 10.5. The number of halogens is 2. The van der Waals surface area contributed by atoms with E-state index >= 15 is 0 Å². The lowest BCUT2D eigenvalue weighted by atomic mass is 10.1. The van der Waals surface area contributed by atoms with Crippen LogP contribution in [0.15, 0.2) is 16.6 Å². The number of aryl methyl sites for hydroxylation is 1. The van der Waals surface area contributed by atoms with Gasteiger partial charge in [0, 0.05) is 11.1 Å². The lowest BCUT2D eigenvalue weighted by Crippen LogP contribution is -2.32. The molecular formula is C16H21BrClNO3. The van der Waals surface area contributed by atoms with Crippen molar-refractivity contribution in [2.24, 2.45) is 0 Å². The van der Waals surface area contributed by atoms with Crippen molar-refractivity contribution in [2.75, 3.05) is 18.5 Å². The second kappa shape index (κ2) is 8.29. The molecule has 2 atom stereocenters. The molecule has 1 aliphatic heterocycles. The number of carbonyl (C=O) groups excluding carboxylic acids is 1. The number of hydrogen-bond acceptors (Lipinski definition) is 3. The zero-order valence-corrected chi connectivity index (χ0v) is 15.2. The molecule has 2 rings (SSSR count). The summed E-state index contributed by atoms with van der Waals surface area (Å²) < 4.78 is 12.1. The molecule has 122 valence electrons. The van der Waals surface area contributed by atoms with Gasteiger partial charge >= 0.3 is 0 Å². The Bertz CT molecular complexity index is 509. The zero-order valence-electron chi connectivity index (χ0n) is 12.8. The van der Waals surface area contributed by atoms with E-state index in [1.54, 1.807) is 13.0 Å². The van der Waals surface area contributed by atoms with E-state index in [9.17, 15) is 4.79 Å². The standard InChI is InChI=1S/C16H21BrClNO3/c1-10-7-12(17)8-14(18)15(10)19-16(20)11(2)22-9-13-5-3-4-6-21-13/h7-8,11,13H,3-6,9H2,1-2H3,(H,19,20). The summed E-state index contributed by atoms with van der Waals surface area (Å²) in [7, 11) is 0. The van der Waals surface area contributed by atoms with Crippen molar-refractivity contribution in [1.29, 1.82) is 0 Å². The molecule has 1 N–H and O–H groups in total. The van der Waals surface area contributed by atoms with E-state index < -0.39 is 6.10 Å². The second-order valence-corrected chi connectivity index (χ2v) is 6.86. The third-order valence-electron chi connectivity index (χ3n) is 3.68. The zero-order chi connectivity index (χ0) is 16.1. The molecule has 1 aromatic carbocycles. The molecule has 0 bridgehead atoms. The first-order valence-corrected chi connectivity index (χ1v) is 8.64. The van der Waals surface area contributed by atoms with Gasteiger partial charge in [0.15, 0.2) is 0 Å². The molecule has 0 saturated carbocycles. The number of amides is 1.